The van der Waals surface area contributed by atoms with E-state index in [0.717, 1.165) is 160 Å². The Balaban J connectivity index is 0.000000136. The molecule has 0 aliphatic heterocycles. The Hall–Kier alpha value is -17.0. The van der Waals surface area contributed by atoms with E-state index in [1.54, 1.807) is 0 Å². The molecule has 26 rings (SSSR count). The van der Waals surface area contributed by atoms with Gasteiger partial charge in [0.25, 0.3) is 0 Å². The summed E-state index contributed by atoms with van der Waals surface area (Å²) in [6.45, 7) is 0. The third kappa shape index (κ3) is 11.3. The van der Waals surface area contributed by atoms with E-state index in [9.17, 15) is 0 Å². The van der Waals surface area contributed by atoms with Crippen LogP contribution in [-0.4, -0.2) is 63.1 Å². The molecule has 0 radical (unpaired) electrons. The lowest BCUT2D eigenvalue weighted by Gasteiger charge is -2.13. The zero-order chi connectivity index (χ0) is 81.5. The monoisotopic (exact) mass is 1580 g/mol. The normalized spacial score (nSPS) is 11.9. The molecule has 0 fully saturated rings. The molecule has 0 N–H and O–H groups in total. The van der Waals surface area contributed by atoms with Gasteiger partial charge in [-0.25, -0.2) is 34.9 Å². The number of rotatable bonds is 12. The SMILES string of the molecule is c1ccc(-c2cc(-c3ccccc3)nc(-n3c4ccccc4c4cc(-c5ccc6c7c5ccc5cccc(c57)n6-c5nc(-c6ccccc6)c6ccccc6n5)ccc43)n2)cc1.c1ccc(-c2nc(-c3ccccc3)nc(-n3c4ccccc4c4cc(-c5ccc6c7c5ccc5cccc(c57)n6-c5nc(-c6ccccc6)c6ccccc6n5)ccc43)n2)cc1. The Morgan fingerprint density at radius 1 is 0.161 bits per heavy atom. The summed E-state index contributed by atoms with van der Waals surface area (Å²) in [5.41, 5.74) is 24.5. The number of para-hydroxylation sites is 4. The van der Waals surface area contributed by atoms with Crippen LogP contribution in [0.2, 0.25) is 0 Å². The fraction of sp³-hybridized carbons (Fsp3) is 0. The molecule has 0 aliphatic rings. The lowest BCUT2D eigenvalue weighted by atomic mass is 9.94. The lowest BCUT2D eigenvalue weighted by molar-refractivity contribution is 0.953. The minimum absolute atomic E-state index is 0.572. The summed E-state index contributed by atoms with van der Waals surface area (Å²) in [4.78, 5) is 46.8. The van der Waals surface area contributed by atoms with Gasteiger partial charge in [0.15, 0.2) is 11.6 Å². The molecule has 0 unspecified atom stereocenters. The molecule has 0 aliphatic carbocycles. The van der Waals surface area contributed by atoms with Crippen molar-refractivity contribution < 1.29 is 0 Å². The second-order valence-electron chi connectivity index (χ2n) is 31.5. The van der Waals surface area contributed by atoms with E-state index in [-0.39, 0.29) is 0 Å². The van der Waals surface area contributed by atoms with Crippen LogP contribution in [0.4, 0.5) is 0 Å². The van der Waals surface area contributed by atoms with Gasteiger partial charge in [-0.05, 0) is 123 Å². The first kappa shape index (κ1) is 70.0. The Morgan fingerprint density at radius 3 is 0.911 bits per heavy atom. The zero-order valence-electron chi connectivity index (χ0n) is 66.5. The Bertz CT molecular complexity index is 8100. The van der Waals surface area contributed by atoms with Crippen molar-refractivity contribution in [3.63, 3.8) is 0 Å². The number of aromatic nitrogens is 13. The Kier molecular flexibility index (Phi) is 16.0. The first-order valence-corrected chi connectivity index (χ1v) is 41.7. The summed E-state index contributed by atoms with van der Waals surface area (Å²) in [6.07, 6.45) is 0. The molecule has 0 spiro atoms. The highest BCUT2D eigenvalue weighted by atomic mass is 15.2. The van der Waals surface area contributed by atoms with Gasteiger partial charge in [-0.3, -0.25) is 18.3 Å². The van der Waals surface area contributed by atoms with Crippen LogP contribution in [0.3, 0.4) is 0 Å². The van der Waals surface area contributed by atoms with E-state index >= 15 is 0 Å². The first-order valence-electron chi connectivity index (χ1n) is 41.7. The van der Waals surface area contributed by atoms with Crippen molar-refractivity contribution in [2.75, 3.05) is 0 Å². The molecular weight excluding hydrogens is 1520 g/mol. The van der Waals surface area contributed by atoms with E-state index in [1.165, 1.54) is 48.7 Å². The molecule has 8 heterocycles. The molecule has 8 aromatic heterocycles. The molecular formula is C111H67N13. The van der Waals surface area contributed by atoms with Gasteiger partial charge in [0, 0.05) is 87.2 Å². The Morgan fingerprint density at radius 2 is 0.484 bits per heavy atom. The molecule has 18 aromatic carbocycles. The molecule has 0 bridgehead atoms. The van der Waals surface area contributed by atoms with Crippen LogP contribution >= 0.6 is 0 Å². The molecule has 576 valence electrons. The number of hydrogen-bond acceptors (Lipinski definition) is 9. The van der Waals surface area contributed by atoms with Gasteiger partial charge >= 0.3 is 0 Å². The molecule has 13 heteroatoms. The number of benzene rings is 18. The van der Waals surface area contributed by atoms with E-state index in [2.05, 4.69) is 328 Å². The largest absolute Gasteiger partial charge is 0.278 e. The predicted octanol–water partition coefficient (Wildman–Crippen LogP) is 27.1. The van der Waals surface area contributed by atoms with E-state index in [4.69, 9.17) is 44.9 Å². The quantitative estimate of drug-likeness (QED) is 0.110. The fourth-order valence-corrected chi connectivity index (χ4v) is 18.9. The van der Waals surface area contributed by atoms with Crippen LogP contribution in [0.5, 0.6) is 0 Å². The van der Waals surface area contributed by atoms with Crippen LogP contribution in [0.15, 0.2) is 406 Å². The maximum Gasteiger partial charge on any atom is 0.238 e. The zero-order valence-corrected chi connectivity index (χ0v) is 66.5. The predicted molar refractivity (Wildman–Crippen MR) is 506 cm³/mol. The minimum Gasteiger partial charge on any atom is -0.278 e. The van der Waals surface area contributed by atoms with Gasteiger partial charge in [0.05, 0.1) is 77.9 Å². The van der Waals surface area contributed by atoms with Crippen molar-refractivity contribution in [3.8, 4) is 114 Å². The van der Waals surface area contributed by atoms with Crippen molar-refractivity contribution in [1.29, 1.82) is 0 Å². The summed E-state index contributed by atoms with van der Waals surface area (Å²) in [5, 5.41) is 16.1. The smallest absolute Gasteiger partial charge is 0.238 e. The highest BCUT2D eigenvalue weighted by Crippen LogP contribution is 2.48. The minimum atomic E-state index is 0.572. The average molecular weight is 1580 g/mol. The van der Waals surface area contributed by atoms with Crippen LogP contribution in [0.25, 0.3) is 244 Å². The van der Waals surface area contributed by atoms with Crippen molar-refractivity contribution in [3.05, 3.63) is 406 Å². The molecule has 0 atom stereocenters. The van der Waals surface area contributed by atoms with Crippen LogP contribution in [0, 0.1) is 0 Å². The summed E-state index contributed by atoms with van der Waals surface area (Å²) in [5.74, 6) is 3.76. The molecule has 13 nitrogen and oxygen atoms in total. The maximum atomic E-state index is 5.33. The van der Waals surface area contributed by atoms with Crippen LogP contribution in [-0.2, 0) is 0 Å². The second-order valence-corrected chi connectivity index (χ2v) is 31.5. The maximum absolute atomic E-state index is 5.33. The fourth-order valence-electron chi connectivity index (χ4n) is 18.9. The summed E-state index contributed by atoms with van der Waals surface area (Å²) >= 11 is 0. The van der Waals surface area contributed by atoms with Gasteiger partial charge in [-0.2, -0.15) is 9.97 Å². The van der Waals surface area contributed by atoms with Gasteiger partial charge < -0.3 is 0 Å². The van der Waals surface area contributed by atoms with E-state index < -0.39 is 0 Å². The molecule has 0 amide bonds. The third-order valence-corrected chi connectivity index (χ3v) is 24.5. The topological polar surface area (TPSA) is 136 Å². The molecule has 0 saturated carbocycles. The average Bonchev–Trinajstić information content (AvgIpc) is 1.56. The highest BCUT2D eigenvalue weighted by Gasteiger charge is 2.27. The van der Waals surface area contributed by atoms with Gasteiger partial charge in [0.1, 0.15) is 0 Å². The second kappa shape index (κ2) is 28.3. The van der Waals surface area contributed by atoms with Crippen molar-refractivity contribution in [2.45, 2.75) is 0 Å². The van der Waals surface area contributed by atoms with E-state index in [0.29, 0.717) is 35.4 Å². The van der Waals surface area contributed by atoms with Crippen molar-refractivity contribution >= 4 is 131 Å². The number of hydrogen-bond donors (Lipinski definition) is 0. The first-order chi connectivity index (χ1) is 61.5. The Labute approximate surface area is 709 Å². The third-order valence-electron chi connectivity index (χ3n) is 24.5. The number of fused-ring (bicyclic) bond motifs is 8. The number of nitrogens with zero attached hydrogens (tertiary/aromatic N) is 13. The van der Waals surface area contributed by atoms with Gasteiger partial charge in [0.2, 0.25) is 23.8 Å². The van der Waals surface area contributed by atoms with Crippen LogP contribution in [0.1, 0.15) is 0 Å². The van der Waals surface area contributed by atoms with Crippen LogP contribution < -0.4 is 0 Å². The summed E-state index contributed by atoms with van der Waals surface area (Å²) in [7, 11) is 0. The summed E-state index contributed by atoms with van der Waals surface area (Å²) in [6, 6.07) is 142. The van der Waals surface area contributed by atoms with Crippen molar-refractivity contribution in [1.82, 2.24) is 63.1 Å². The lowest BCUT2D eigenvalue weighted by Crippen LogP contribution is -2.06. The molecule has 124 heavy (non-hydrogen) atoms. The molecule has 0 saturated heterocycles. The van der Waals surface area contributed by atoms with E-state index in [1.807, 2.05) is 97.1 Å². The standard InChI is InChI=1S/C56H34N6.C55H33N7/c1-4-15-35(16-5-1)46-34-47(36-17-6-2-7-18-36)59-55(58-46)61-48-25-13-11-22-41(48)44-33-39(28-31-49(44)61)40-30-32-51-53-42(40)29-27-37-21-14-26-50(52(37)53)62(51)56-57-45-24-12-10-23-43(45)54(60-56)38-19-8-3-9-20-38;1-4-15-35(16-5-1)51-42-23-10-12-24-44(42)56-54(57-51)62-47-26-14-21-34-27-29-41-39(30-32-48(62)50(41)49(34)47)38-28-31-46-43(33-38)40-22-11-13-25-45(40)61(46)55-59-52(36-17-6-2-7-18-36)58-53(60-55)37-19-8-3-9-20-37/h1-34H;1-33H. The van der Waals surface area contributed by atoms with Gasteiger partial charge in [-0.1, -0.05) is 328 Å². The van der Waals surface area contributed by atoms with Gasteiger partial charge in [-0.15, -0.1) is 0 Å². The van der Waals surface area contributed by atoms with Crippen molar-refractivity contribution in [2.24, 2.45) is 0 Å². The summed E-state index contributed by atoms with van der Waals surface area (Å²) < 4.78 is 8.88. The molecule has 26 aromatic rings. The highest BCUT2D eigenvalue weighted by molar-refractivity contribution is 6.29.